The molecule has 0 aliphatic rings. The molecular formula is C18H18F3NO4. The molecule has 0 N–H and O–H groups in total. The van der Waals surface area contributed by atoms with Crippen molar-refractivity contribution >= 4 is 5.97 Å². The molecule has 0 radical (unpaired) electrons. The molecule has 0 saturated carbocycles. The molecule has 0 unspecified atom stereocenters. The van der Waals surface area contributed by atoms with E-state index in [2.05, 4.69) is 16.6 Å². The number of esters is 1. The molecule has 1 aromatic carbocycles. The van der Waals surface area contributed by atoms with Gasteiger partial charge in [0.05, 0.1) is 18.4 Å². The summed E-state index contributed by atoms with van der Waals surface area (Å²) in [6.07, 6.45) is -0.700. The molecule has 140 valence electrons. The summed E-state index contributed by atoms with van der Waals surface area (Å²) in [4.78, 5) is 15.5. The molecule has 1 heterocycles. The first kappa shape index (κ1) is 19.6. The number of hydrogen-bond acceptors (Lipinski definition) is 5. The van der Waals surface area contributed by atoms with E-state index in [0.29, 0.717) is 12.4 Å². The van der Waals surface area contributed by atoms with E-state index in [9.17, 15) is 18.0 Å². The lowest BCUT2D eigenvalue weighted by molar-refractivity contribution is -0.276. The van der Waals surface area contributed by atoms with Crippen molar-refractivity contribution in [2.45, 2.75) is 32.5 Å². The third kappa shape index (κ3) is 6.62. The Morgan fingerprint density at radius 3 is 2.31 bits per heavy atom. The second kappa shape index (κ2) is 9.07. The molecule has 26 heavy (non-hydrogen) atoms. The van der Waals surface area contributed by atoms with Crippen molar-refractivity contribution in [2.24, 2.45) is 0 Å². The molecule has 0 atom stereocenters. The van der Waals surface area contributed by atoms with Crippen molar-refractivity contribution in [3.05, 3.63) is 48.2 Å². The van der Waals surface area contributed by atoms with Gasteiger partial charge in [-0.1, -0.05) is 19.8 Å². The summed E-state index contributed by atoms with van der Waals surface area (Å²) in [5, 5.41) is 0. The molecule has 0 aliphatic carbocycles. The average Bonchev–Trinajstić information content (AvgIpc) is 2.60. The van der Waals surface area contributed by atoms with Crippen molar-refractivity contribution in [3.63, 3.8) is 0 Å². The van der Waals surface area contributed by atoms with Crippen molar-refractivity contribution in [1.82, 2.24) is 4.98 Å². The second-order valence-electron chi connectivity index (χ2n) is 5.35. The van der Waals surface area contributed by atoms with E-state index in [-0.39, 0.29) is 11.3 Å². The molecule has 0 aliphatic heterocycles. The van der Waals surface area contributed by atoms with Gasteiger partial charge in [0, 0.05) is 6.07 Å². The van der Waals surface area contributed by atoms with Crippen molar-refractivity contribution in [2.75, 3.05) is 6.61 Å². The summed E-state index contributed by atoms with van der Waals surface area (Å²) in [6.45, 7) is 2.71. The van der Waals surface area contributed by atoms with Crippen molar-refractivity contribution in [1.29, 1.82) is 0 Å². The molecule has 1 aromatic heterocycles. The van der Waals surface area contributed by atoms with Crippen LogP contribution in [0.1, 0.15) is 36.5 Å². The summed E-state index contributed by atoms with van der Waals surface area (Å²) < 4.78 is 50.4. The number of rotatable bonds is 8. The van der Waals surface area contributed by atoms with Crippen LogP contribution in [0.25, 0.3) is 0 Å². The van der Waals surface area contributed by atoms with Crippen molar-refractivity contribution < 1.29 is 32.2 Å². The van der Waals surface area contributed by atoms with Gasteiger partial charge in [0.15, 0.2) is 0 Å². The average molecular weight is 369 g/mol. The van der Waals surface area contributed by atoms with Gasteiger partial charge in [0.1, 0.15) is 11.5 Å². The lowest BCUT2D eigenvalue weighted by Crippen LogP contribution is -2.17. The van der Waals surface area contributed by atoms with Crippen LogP contribution in [0.15, 0.2) is 42.6 Å². The van der Waals surface area contributed by atoms with E-state index in [1.165, 1.54) is 0 Å². The zero-order chi connectivity index (χ0) is 19.0. The van der Waals surface area contributed by atoms with E-state index in [4.69, 9.17) is 9.47 Å². The predicted molar refractivity (Wildman–Crippen MR) is 87.3 cm³/mol. The topological polar surface area (TPSA) is 57.7 Å². The summed E-state index contributed by atoms with van der Waals surface area (Å²) in [5.74, 6) is -0.645. The Hall–Kier alpha value is -2.77. The molecule has 0 fully saturated rings. The van der Waals surface area contributed by atoms with Crippen LogP contribution in [0.3, 0.4) is 0 Å². The number of alkyl halides is 3. The molecule has 0 bridgehead atoms. The SMILES string of the molecule is CCCCCOc1ccc(C(=O)Oc2ccc(OC(F)(F)F)nc2)cc1. The van der Waals surface area contributed by atoms with Gasteiger partial charge in [-0.3, -0.25) is 0 Å². The lowest BCUT2D eigenvalue weighted by Gasteiger charge is -2.09. The molecule has 0 amide bonds. The number of ether oxygens (including phenoxy) is 3. The number of hydrogen-bond donors (Lipinski definition) is 0. The quantitative estimate of drug-likeness (QED) is 0.496. The second-order valence-corrected chi connectivity index (χ2v) is 5.35. The normalized spacial score (nSPS) is 11.1. The maximum absolute atomic E-state index is 12.1. The lowest BCUT2D eigenvalue weighted by atomic mass is 10.2. The highest BCUT2D eigenvalue weighted by molar-refractivity contribution is 5.91. The number of pyridine rings is 1. The molecule has 0 saturated heterocycles. The third-order valence-electron chi connectivity index (χ3n) is 3.25. The Balaban J connectivity index is 1.89. The van der Waals surface area contributed by atoms with Gasteiger partial charge in [0.25, 0.3) is 0 Å². The molecule has 8 heteroatoms. The van der Waals surface area contributed by atoms with E-state index in [1.807, 2.05) is 0 Å². The summed E-state index contributed by atoms with van der Waals surface area (Å²) in [6, 6.07) is 8.53. The van der Waals surface area contributed by atoms with Gasteiger partial charge >= 0.3 is 12.3 Å². The number of carbonyl (C=O) groups excluding carboxylic acids is 1. The first-order chi connectivity index (χ1) is 12.4. The van der Waals surface area contributed by atoms with E-state index < -0.39 is 18.2 Å². The van der Waals surface area contributed by atoms with Crippen LogP contribution in [0.5, 0.6) is 17.4 Å². The smallest absolute Gasteiger partial charge is 0.494 e. The Morgan fingerprint density at radius 1 is 1.04 bits per heavy atom. The van der Waals surface area contributed by atoms with Crippen LogP contribution < -0.4 is 14.2 Å². The van der Waals surface area contributed by atoms with Crippen molar-refractivity contribution in [3.8, 4) is 17.4 Å². The van der Waals surface area contributed by atoms with E-state index >= 15 is 0 Å². The van der Waals surface area contributed by atoms with E-state index in [1.54, 1.807) is 24.3 Å². The Morgan fingerprint density at radius 2 is 1.73 bits per heavy atom. The molecule has 2 aromatic rings. The third-order valence-corrected chi connectivity index (χ3v) is 3.25. The molecule has 2 rings (SSSR count). The van der Waals surface area contributed by atoms with E-state index in [0.717, 1.165) is 37.6 Å². The Kier molecular flexibility index (Phi) is 6.82. The highest BCUT2D eigenvalue weighted by Gasteiger charge is 2.31. The monoisotopic (exact) mass is 369 g/mol. The zero-order valence-electron chi connectivity index (χ0n) is 14.1. The number of aromatic nitrogens is 1. The summed E-state index contributed by atoms with van der Waals surface area (Å²) >= 11 is 0. The zero-order valence-corrected chi connectivity index (χ0v) is 14.1. The van der Waals surface area contributed by atoms with Gasteiger partial charge in [-0.2, -0.15) is 0 Å². The Labute approximate surface area is 148 Å². The van der Waals surface area contributed by atoms with Gasteiger partial charge in [-0.25, -0.2) is 9.78 Å². The van der Waals surface area contributed by atoms with Crippen LogP contribution in [-0.2, 0) is 0 Å². The minimum atomic E-state index is -4.83. The molecule has 5 nitrogen and oxygen atoms in total. The summed E-state index contributed by atoms with van der Waals surface area (Å²) in [5.41, 5.74) is 0.279. The van der Waals surface area contributed by atoms with Crippen LogP contribution in [0.4, 0.5) is 13.2 Å². The van der Waals surface area contributed by atoms with Crippen LogP contribution in [0, 0.1) is 0 Å². The fourth-order valence-electron chi connectivity index (χ4n) is 2.00. The number of carbonyl (C=O) groups is 1. The van der Waals surface area contributed by atoms with Gasteiger partial charge in [0.2, 0.25) is 5.88 Å². The minimum absolute atomic E-state index is 0.00409. The van der Waals surface area contributed by atoms with Crippen LogP contribution in [0.2, 0.25) is 0 Å². The van der Waals surface area contributed by atoms with Gasteiger partial charge < -0.3 is 14.2 Å². The maximum Gasteiger partial charge on any atom is 0.574 e. The molecular weight excluding hydrogens is 351 g/mol. The first-order valence-corrected chi connectivity index (χ1v) is 8.04. The van der Waals surface area contributed by atoms with Crippen LogP contribution >= 0.6 is 0 Å². The van der Waals surface area contributed by atoms with Gasteiger partial charge in [-0.05, 0) is 36.8 Å². The molecule has 0 spiro atoms. The predicted octanol–water partition coefficient (Wildman–Crippen LogP) is 4.77. The number of unbranched alkanes of at least 4 members (excludes halogenated alkanes) is 2. The highest BCUT2D eigenvalue weighted by atomic mass is 19.4. The number of benzene rings is 1. The highest BCUT2D eigenvalue weighted by Crippen LogP contribution is 2.22. The number of halogens is 3. The first-order valence-electron chi connectivity index (χ1n) is 8.04. The maximum atomic E-state index is 12.1. The minimum Gasteiger partial charge on any atom is -0.494 e. The number of nitrogens with zero attached hydrogens (tertiary/aromatic N) is 1. The van der Waals surface area contributed by atoms with Gasteiger partial charge in [-0.15, -0.1) is 13.2 Å². The fraction of sp³-hybridized carbons (Fsp3) is 0.333. The standard InChI is InChI=1S/C18H18F3NO4/c1-2-3-4-11-24-14-7-5-13(6-8-14)17(23)25-15-9-10-16(22-12-15)26-18(19,20)21/h5-10,12H,2-4,11H2,1H3. The largest absolute Gasteiger partial charge is 0.574 e. The Bertz CT molecular complexity index is 700. The fourth-order valence-corrected chi connectivity index (χ4v) is 2.00. The van der Waals surface area contributed by atoms with Crippen LogP contribution in [-0.4, -0.2) is 23.9 Å². The summed E-state index contributed by atoms with van der Waals surface area (Å²) in [7, 11) is 0.